The molecule has 0 saturated carbocycles. The lowest BCUT2D eigenvalue weighted by Gasteiger charge is -2.11. The molecule has 0 amide bonds. The number of hydrogen-bond acceptors (Lipinski definition) is 3. The van der Waals surface area contributed by atoms with E-state index in [1.807, 2.05) is 0 Å². The van der Waals surface area contributed by atoms with Crippen LogP contribution in [0, 0.1) is 0 Å². The fourth-order valence-electron chi connectivity index (χ4n) is 0.561. The molecular formula is C4H8N2O2. The predicted molar refractivity (Wildman–Crippen MR) is 28.0 cm³/mol. The van der Waals surface area contributed by atoms with Crippen molar-refractivity contribution < 1.29 is 10.3 Å². The topological polar surface area (TPSA) is 56.1 Å². The number of amidine groups is 1. The summed E-state index contributed by atoms with van der Waals surface area (Å²) < 4.78 is 0. The molecule has 4 heteroatoms. The molecule has 8 heavy (non-hydrogen) atoms. The maximum absolute atomic E-state index is 8.72. The highest BCUT2D eigenvalue weighted by Gasteiger charge is 2.20. The van der Waals surface area contributed by atoms with Gasteiger partial charge >= 0.3 is 6.02 Å². The van der Waals surface area contributed by atoms with Crippen LogP contribution in [0.15, 0.2) is 4.99 Å². The van der Waals surface area contributed by atoms with Crippen LogP contribution in [0.1, 0.15) is 6.92 Å². The largest absolute Gasteiger partial charge is 0.479 e. The number of hydroxylamine groups is 2. The molecule has 0 radical (unpaired) electrons. The summed E-state index contributed by atoms with van der Waals surface area (Å²) in [6.45, 7) is 2.25. The third-order valence-electron chi connectivity index (χ3n) is 1.12. The van der Waals surface area contributed by atoms with Gasteiger partial charge in [-0.1, -0.05) is 0 Å². The number of aliphatic hydroxyl groups is 1. The van der Waals surface area contributed by atoms with E-state index in [0.29, 0.717) is 6.54 Å². The number of aliphatic hydroxyl groups excluding tert-OH is 1. The van der Waals surface area contributed by atoms with Crippen molar-refractivity contribution in [3.05, 3.63) is 0 Å². The fourth-order valence-corrected chi connectivity index (χ4v) is 0.561. The van der Waals surface area contributed by atoms with Crippen molar-refractivity contribution in [1.82, 2.24) is 5.06 Å². The van der Waals surface area contributed by atoms with Crippen molar-refractivity contribution in [2.24, 2.45) is 4.99 Å². The molecule has 0 aliphatic carbocycles. The molecule has 0 aromatic carbocycles. The summed E-state index contributed by atoms with van der Waals surface area (Å²) in [7, 11) is 0. The lowest BCUT2D eigenvalue weighted by molar-refractivity contribution is -0.0505. The predicted octanol–water partition coefficient (Wildman–Crippen LogP) is -0.00630. The Morgan fingerprint density at radius 2 is 2.50 bits per heavy atom. The molecule has 1 unspecified atom stereocenters. The van der Waals surface area contributed by atoms with Crippen LogP contribution in [-0.4, -0.2) is 34.0 Å². The number of aliphatic imine (C=N–C) groups is 1. The van der Waals surface area contributed by atoms with Crippen LogP contribution in [0.2, 0.25) is 0 Å². The third-order valence-corrected chi connectivity index (χ3v) is 1.12. The van der Waals surface area contributed by atoms with Crippen LogP contribution < -0.4 is 0 Å². The van der Waals surface area contributed by atoms with Crippen LogP contribution in [0.3, 0.4) is 0 Å². The summed E-state index contributed by atoms with van der Waals surface area (Å²) in [6.07, 6.45) is 0. The van der Waals surface area contributed by atoms with Gasteiger partial charge in [0.15, 0.2) is 0 Å². The zero-order chi connectivity index (χ0) is 6.15. The van der Waals surface area contributed by atoms with Crippen molar-refractivity contribution in [2.75, 3.05) is 6.54 Å². The van der Waals surface area contributed by atoms with Gasteiger partial charge in [-0.25, -0.2) is 10.1 Å². The zero-order valence-electron chi connectivity index (χ0n) is 4.57. The molecule has 2 N–H and O–H groups in total. The highest BCUT2D eigenvalue weighted by atomic mass is 16.5. The summed E-state index contributed by atoms with van der Waals surface area (Å²) >= 11 is 0. The summed E-state index contributed by atoms with van der Waals surface area (Å²) in [5.74, 6) is 0. The Labute approximate surface area is 47.0 Å². The van der Waals surface area contributed by atoms with E-state index in [1.165, 1.54) is 0 Å². The van der Waals surface area contributed by atoms with Gasteiger partial charge < -0.3 is 5.11 Å². The van der Waals surface area contributed by atoms with Crippen LogP contribution >= 0.6 is 0 Å². The number of nitrogens with zero attached hydrogens (tertiary/aromatic N) is 2. The normalized spacial score (nSPS) is 28.5. The fraction of sp³-hybridized carbons (Fsp3) is 0.750. The quantitative estimate of drug-likeness (QED) is 0.468. The smallest absolute Gasteiger partial charge is 0.309 e. The zero-order valence-corrected chi connectivity index (χ0v) is 4.57. The van der Waals surface area contributed by atoms with Gasteiger partial charge in [-0.05, 0) is 6.92 Å². The van der Waals surface area contributed by atoms with Gasteiger partial charge in [0.25, 0.3) is 0 Å². The summed E-state index contributed by atoms with van der Waals surface area (Å²) in [5, 5.41) is 18.1. The minimum Gasteiger partial charge on any atom is -0.479 e. The lowest BCUT2D eigenvalue weighted by Crippen LogP contribution is -2.30. The molecule has 0 bridgehead atoms. The van der Waals surface area contributed by atoms with Gasteiger partial charge in [-0.2, -0.15) is 0 Å². The summed E-state index contributed by atoms with van der Waals surface area (Å²) in [6, 6.07) is -0.354. The first-order valence-electron chi connectivity index (χ1n) is 2.43. The second-order valence-corrected chi connectivity index (χ2v) is 1.83. The van der Waals surface area contributed by atoms with Crippen LogP contribution in [-0.2, 0) is 0 Å². The van der Waals surface area contributed by atoms with Gasteiger partial charge in [0.2, 0.25) is 0 Å². The molecule has 0 aromatic heterocycles. The molecule has 0 aromatic rings. The summed E-state index contributed by atoms with van der Waals surface area (Å²) in [5.41, 5.74) is 0. The Bertz CT molecular complexity index is 123. The highest BCUT2D eigenvalue weighted by Crippen LogP contribution is 2.03. The van der Waals surface area contributed by atoms with E-state index in [0.717, 1.165) is 5.06 Å². The van der Waals surface area contributed by atoms with E-state index in [4.69, 9.17) is 10.3 Å². The Hall–Kier alpha value is -0.770. The van der Waals surface area contributed by atoms with Gasteiger partial charge in [-0.3, -0.25) is 5.21 Å². The van der Waals surface area contributed by atoms with Crippen molar-refractivity contribution in [1.29, 1.82) is 0 Å². The molecule has 4 nitrogen and oxygen atoms in total. The molecule has 1 heterocycles. The van der Waals surface area contributed by atoms with Gasteiger partial charge in [-0.15, -0.1) is 0 Å². The standard InChI is InChI=1S/C4H8N2O2/c1-3-2-5-4(7)6(3)8/h3,8H,2H2,1H3,(H,5,7). The summed E-state index contributed by atoms with van der Waals surface area (Å²) in [4.78, 5) is 3.55. The Kier molecular flexibility index (Phi) is 1.09. The monoisotopic (exact) mass is 116 g/mol. The second-order valence-electron chi connectivity index (χ2n) is 1.83. The van der Waals surface area contributed by atoms with Crippen molar-refractivity contribution in [3.63, 3.8) is 0 Å². The Morgan fingerprint density at radius 3 is 2.62 bits per heavy atom. The first-order chi connectivity index (χ1) is 3.72. The Balaban J connectivity index is 2.59. The molecule has 1 rings (SSSR count). The highest BCUT2D eigenvalue weighted by molar-refractivity contribution is 5.72. The lowest BCUT2D eigenvalue weighted by atomic mass is 10.4. The minimum atomic E-state index is -0.280. The van der Waals surface area contributed by atoms with E-state index in [1.54, 1.807) is 6.92 Å². The van der Waals surface area contributed by atoms with E-state index < -0.39 is 0 Å². The average Bonchev–Trinajstić information content (AvgIpc) is 1.98. The van der Waals surface area contributed by atoms with Crippen LogP contribution in [0.4, 0.5) is 0 Å². The van der Waals surface area contributed by atoms with Crippen LogP contribution in [0.25, 0.3) is 0 Å². The van der Waals surface area contributed by atoms with E-state index in [2.05, 4.69) is 4.99 Å². The Morgan fingerprint density at radius 1 is 1.88 bits per heavy atom. The number of hydrogen-bond donors (Lipinski definition) is 2. The van der Waals surface area contributed by atoms with E-state index in [-0.39, 0.29) is 12.1 Å². The van der Waals surface area contributed by atoms with Crippen LogP contribution in [0.5, 0.6) is 0 Å². The van der Waals surface area contributed by atoms with E-state index >= 15 is 0 Å². The maximum Gasteiger partial charge on any atom is 0.309 e. The first kappa shape index (κ1) is 5.37. The molecule has 1 aliphatic rings. The molecule has 0 fully saturated rings. The molecular weight excluding hydrogens is 108 g/mol. The third kappa shape index (κ3) is 0.626. The SMILES string of the molecule is CC1CN=C(O)N1O. The molecule has 1 aliphatic heterocycles. The average molecular weight is 116 g/mol. The number of rotatable bonds is 0. The maximum atomic E-state index is 8.72. The molecule has 1 atom stereocenters. The first-order valence-corrected chi connectivity index (χ1v) is 2.43. The van der Waals surface area contributed by atoms with Crippen molar-refractivity contribution in [2.45, 2.75) is 13.0 Å². The molecule has 0 saturated heterocycles. The second kappa shape index (κ2) is 1.63. The molecule has 46 valence electrons. The van der Waals surface area contributed by atoms with Crippen molar-refractivity contribution >= 4 is 6.02 Å². The minimum absolute atomic E-state index is 0.0741. The van der Waals surface area contributed by atoms with Gasteiger partial charge in [0, 0.05) is 0 Å². The molecule has 0 spiro atoms. The van der Waals surface area contributed by atoms with E-state index in [9.17, 15) is 0 Å². The van der Waals surface area contributed by atoms with Gasteiger partial charge in [0.1, 0.15) is 0 Å². The van der Waals surface area contributed by atoms with Gasteiger partial charge in [0.05, 0.1) is 12.6 Å². The van der Waals surface area contributed by atoms with Crippen molar-refractivity contribution in [3.8, 4) is 0 Å².